The molecule has 0 radical (unpaired) electrons. The van der Waals surface area contributed by atoms with Crippen LogP contribution < -0.4 is 14.5 Å². The fraction of sp³-hybridized carbons (Fsp3) is 0.471. The first kappa shape index (κ1) is 15.5. The lowest BCUT2D eigenvalue weighted by Crippen LogP contribution is -2.36. The van der Waals surface area contributed by atoms with Crippen molar-refractivity contribution in [1.29, 1.82) is 0 Å². The number of nitrogens with zero attached hydrogens (tertiary/aromatic N) is 5. The molecule has 0 saturated carbocycles. The minimum absolute atomic E-state index is 0.580. The van der Waals surface area contributed by atoms with E-state index >= 15 is 0 Å². The molecule has 0 atom stereocenters. The highest BCUT2D eigenvalue weighted by Gasteiger charge is 2.21. The van der Waals surface area contributed by atoms with Gasteiger partial charge in [0, 0.05) is 45.8 Å². The van der Waals surface area contributed by atoms with E-state index in [1.54, 1.807) is 12.4 Å². The highest BCUT2D eigenvalue weighted by Crippen LogP contribution is 2.22. The van der Waals surface area contributed by atoms with Gasteiger partial charge < -0.3 is 14.5 Å². The molecule has 1 aliphatic heterocycles. The van der Waals surface area contributed by atoms with Crippen molar-refractivity contribution in [1.82, 2.24) is 15.0 Å². The van der Waals surface area contributed by atoms with Crippen molar-refractivity contribution in [2.24, 2.45) is 5.92 Å². The zero-order valence-electron chi connectivity index (χ0n) is 13.7. The van der Waals surface area contributed by atoms with Crippen LogP contribution in [0.15, 0.2) is 36.8 Å². The Morgan fingerprint density at radius 3 is 2.57 bits per heavy atom. The molecule has 1 fully saturated rings. The van der Waals surface area contributed by atoms with E-state index in [0.717, 1.165) is 50.1 Å². The maximum atomic E-state index is 5.84. The second-order valence-electron chi connectivity index (χ2n) is 6.03. The Bertz CT molecular complexity index is 611. The summed E-state index contributed by atoms with van der Waals surface area (Å²) in [6.45, 7) is 2.71. The van der Waals surface area contributed by atoms with Gasteiger partial charge in [-0.15, -0.1) is 0 Å². The van der Waals surface area contributed by atoms with Crippen molar-refractivity contribution in [2.75, 3.05) is 43.6 Å². The van der Waals surface area contributed by atoms with E-state index in [1.165, 1.54) is 0 Å². The molecule has 6 nitrogen and oxygen atoms in total. The lowest BCUT2D eigenvalue weighted by molar-refractivity contribution is 0.222. The lowest BCUT2D eigenvalue weighted by Gasteiger charge is -2.32. The molecule has 0 bridgehead atoms. The van der Waals surface area contributed by atoms with Gasteiger partial charge in [0.15, 0.2) is 0 Å². The first-order valence-corrected chi connectivity index (χ1v) is 8.00. The van der Waals surface area contributed by atoms with Gasteiger partial charge in [-0.1, -0.05) is 0 Å². The van der Waals surface area contributed by atoms with Crippen molar-refractivity contribution < 1.29 is 4.74 Å². The SMILES string of the molecule is CN(C)c1ccnc(N2CCC(COc3ccncc3)CC2)n1. The van der Waals surface area contributed by atoms with E-state index in [-0.39, 0.29) is 0 Å². The Morgan fingerprint density at radius 2 is 1.87 bits per heavy atom. The molecular formula is C17H23N5O. The summed E-state index contributed by atoms with van der Waals surface area (Å²) in [4.78, 5) is 17.3. The zero-order chi connectivity index (χ0) is 16.1. The minimum Gasteiger partial charge on any atom is -0.493 e. The molecule has 1 saturated heterocycles. The first-order chi connectivity index (χ1) is 11.2. The van der Waals surface area contributed by atoms with Crippen molar-refractivity contribution in [3.63, 3.8) is 0 Å². The Kier molecular flexibility index (Phi) is 4.90. The van der Waals surface area contributed by atoms with Crippen LogP contribution in [0.4, 0.5) is 11.8 Å². The van der Waals surface area contributed by atoms with E-state index in [2.05, 4.69) is 19.9 Å². The summed E-state index contributed by atoms with van der Waals surface area (Å²) in [6.07, 6.45) is 7.54. The van der Waals surface area contributed by atoms with Crippen molar-refractivity contribution in [2.45, 2.75) is 12.8 Å². The second-order valence-corrected chi connectivity index (χ2v) is 6.03. The summed E-state index contributed by atoms with van der Waals surface area (Å²) in [7, 11) is 3.99. The summed E-state index contributed by atoms with van der Waals surface area (Å²) < 4.78 is 5.84. The second kappa shape index (κ2) is 7.26. The van der Waals surface area contributed by atoms with Gasteiger partial charge in [0.2, 0.25) is 5.95 Å². The predicted molar refractivity (Wildman–Crippen MR) is 91.0 cm³/mol. The molecule has 0 amide bonds. The number of rotatable bonds is 5. The summed E-state index contributed by atoms with van der Waals surface area (Å²) in [5.74, 6) is 3.24. The Balaban J connectivity index is 1.51. The largest absolute Gasteiger partial charge is 0.493 e. The van der Waals surface area contributed by atoms with Gasteiger partial charge in [-0.25, -0.2) is 4.98 Å². The van der Waals surface area contributed by atoms with Crippen molar-refractivity contribution >= 4 is 11.8 Å². The summed E-state index contributed by atoms with van der Waals surface area (Å²) in [5, 5.41) is 0. The molecule has 3 heterocycles. The molecule has 0 N–H and O–H groups in total. The standard InChI is InChI=1S/C17H23N5O/c1-21(2)16-5-10-19-17(20-16)22-11-6-14(7-12-22)13-23-15-3-8-18-9-4-15/h3-5,8-10,14H,6-7,11-13H2,1-2H3. The summed E-state index contributed by atoms with van der Waals surface area (Å²) in [5.41, 5.74) is 0. The molecule has 2 aromatic heterocycles. The van der Waals surface area contributed by atoms with Crippen LogP contribution in [0.25, 0.3) is 0 Å². The maximum Gasteiger partial charge on any atom is 0.227 e. The molecule has 6 heteroatoms. The van der Waals surface area contributed by atoms with Gasteiger partial charge >= 0.3 is 0 Å². The van der Waals surface area contributed by atoms with E-state index in [9.17, 15) is 0 Å². The number of anilines is 2. The van der Waals surface area contributed by atoms with Crippen LogP contribution in [0.5, 0.6) is 5.75 Å². The first-order valence-electron chi connectivity index (χ1n) is 8.00. The highest BCUT2D eigenvalue weighted by molar-refractivity contribution is 5.42. The van der Waals surface area contributed by atoms with Crippen LogP contribution in [0.2, 0.25) is 0 Å². The third kappa shape index (κ3) is 4.09. The average Bonchev–Trinajstić information content (AvgIpc) is 2.61. The van der Waals surface area contributed by atoms with Crippen molar-refractivity contribution in [3.05, 3.63) is 36.8 Å². The van der Waals surface area contributed by atoms with Gasteiger partial charge in [-0.05, 0) is 37.0 Å². The summed E-state index contributed by atoms with van der Waals surface area (Å²) in [6, 6.07) is 5.73. The molecular weight excluding hydrogens is 290 g/mol. The molecule has 0 spiro atoms. The predicted octanol–water partition coefficient (Wildman–Crippen LogP) is 2.23. The number of ether oxygens (including phenoxy) is 1. The van der Waals surface area contributed by atoms with Gasteiger partial charge in [-0.2, -0.15) is 4.98 Å². The number of hydrogen-bond acceptors (Lipinski definition) is 6. The maximum absolute atomic E-state index is 5.84. The Labute approximate surface area is 137 Å². The van der Waals surface area contributed by atoms with Crippen LogP contribution in [0.1, 0.15) is 12.8 Å². The van der Waals surface area contributed by atoms with E-state index in [1.807, 2.05) is 43.4 Å². The Morgan fingerprint density at radius 1 is 1.13 bits per heavy atom. The number of hydrogen-bond donors (Lipinski definition) is 0. The molecule has 0 unspecified atom stereocenters. The third-order valence-electron chi connectivity index (χ3n) is 4.12. The lowest BCUT2D eigenvalue weighted by atomic mass is 9.98. The Hall–Kier alpha value is -2.37. The van der Waals surface area contributed by atoms with E-state index < -0.39 is 0 Å². The van der Waals surface area contributed by atoms with E-state index in [4.69, 9.17) is 4.74 Å². The third-order valence-corrected chi connectivity index (χ3v) is 4.12. The fourth-order valence-corrected chi connectivity index (χ4v) is 2.69. The molecule has 3 rings (SSSR count). The van der Waals surface area contributed by atoms with Crippen LogP contribution in [-0.4, -0.2) is 48.7 Å². The van der Waals surface area contributed by atoms with Crippen LogP contribution in [0.3, 0.4) is 0 Å². The molecule has 0 aromatic carbocycles. The zero-order valence-corrected chi connectivity index (χ0v) is 13.7. The molecule has 2 aromatic rings. The minimum atomic E-state index is 0.580. The van der Waals surface area contributed by atoms with Crippen LogP contribution in [0, 0.1) is 5.92 Å². The molecule has 122 valence electrons. The highest BCUT2D eigenvalue weighted by atomic mass is 16.5. The van der Waals surface area contributed by atoms with Crippen molar-refractivity contribution in [3.8, 4) is 5.75 Å². The molecule has 0 aliphatic carbocycles. The smallest absolute Gasteiger partial charge is 0.227 e. The quantitative estimate of drug-likeness (QED) is 0.844. The van der Waals surface area contributed by atoms with Gasteiger partial charge in [-0.3, -0.25) is 4.98 Å². The number of aromatic nitrogens is 3. The summed E-state index contributed by atoms with van der Waals surface area (Å²) >= 11 is 0. The fourth-order valence-electron chi connectivity index (χ4n) is 2.69. The topological polar surface area (TPSA) is 54.4 Å². The van der Waals surface area contributed by atoms with E-state index in [0.29, 0.717) is 5.92 Å². The van der Waals surface area contributed by atoms with Gasteiger partial charge in [0.05, 0.1) is 6.61 Å². The van der Waals surface area contributed by atoms with Gasteiger partial charge in [0.1, 0.15) is 11.6 Å². The number of pyridine rings is 1. The molecule has 1 aliphatic rings. The number of piperidine rings is 1. The average molecular weight is 313 g/mol. The van der Waals surface area contributed by atoms with Gasteiger partial charge in [0.25, 0.3) is 0 Å². The monoisotopic (exact) mass is 313 g/mol. The van der Waals surface area contributed by atoms with Crippen LogP contribution >= 0.6 is 0 Å². The normalized spacial score (nSPS) is 15.5. The molecule has 23 heavy (non-hydrogen) atoms. The van der Waals surface area contributed by atoms with Crippen LogP contribution in [-0.2, 0) is 0 Å².